The second-order valence-corrected chi connectivity index (χ2v) is 16.1. The Morgan fingerprint density at radius 1 is 0.362 bits per heavy atom. The molecule has 334 valence electrons. The van der Waals surface area contributed by atoms with Crippen molar-refractivity contribution in [2.24, 2.45) is 0 Å². The van der Waals surface area contributed by atoms with Crippen LogP contribution in [0.15, 0.2) is 60.8 Å². The SMILES string of the molecule is CC\C=C/C=C\C=C/C=C\CCCCCCCC(=O)OCC(COC(=O)CCCCCCCCCCCCCC)OC(=O)CCCCC/C=C\CCCCCCCC. The Kier molecular flexibility index (Phi) is 44.5. The molecule has 1 atom stereocenters. The molecule has 6 heteroatoms. The van der Waals surface area contributed by atoms with Gasteiger partial charge >= 0.3 is 17.9 Å². The monoisotopic (exact) mass is 811 g/mol. The highest BCUT2D eigenvalue weighted by Crippen LogP contribution is 2.14. The van der Waals surface area contributed by atoms with Crippen LogP contribution in [-0.2, 0) is 28.6 Å². The van der Waals surface area contributed by atoms with Crippen LogP contribution >= 0.6 is 0 Å². The number of unbranched alkanes of at least 4 members (excludes halogenated alkanes) is 25. The zero-order valence-electron chi connectivity index (χ0n) is 38.0. The predicted octanol–water partition coefficient (Wildman–Crippen LogP) is 15.7. The van der Waals surface area contributed by atoms with Crippen LogP contribution in [0, 0.1) is 0 Å². The first-order chi connectivity index (χ1) is 28.5. The van der Waals surface area contributed by atoms with Gasteiger partial charge < -0.3 is 14.2 Å². The summed E-state index contributed by atoms with van der Waals surface area (Å²) >= 11 is 0. The van der Waals surface area contributed by atoms with Gasteiger partial charge in [-0.2, -0.15) is 0 Å². The molecule has 0 rings (SSSR count). The van der Waals surface area contributed by atoms with Gasteiger partial charge in [-0.15, -0.1) is 0 Å². The quantitative estimate of drug-likeness (QED) is 0.0201. The zero-order chi connectivity index (χ0) is 42.3. The molecule has 0 N–H and O–H groups in total. The summed E-state index contributed by atoms with van der Waals surface area (Å²) in [5.41, 5.74) is 0. The van der Waals surface area contributed by atoms with Crippen molar-refractivity contribution in [3.05, 3.63) is 60.8 Å². The van der Waals surface area contributed by atoms with Crippen molar-refractivity contribution >= 4 is 17.9 Å². The van der Waals surface area contributed by atoms with Crippen LogP contribution in [0.2, 0.25) is 0 Å². The molecular weight excluding hydrogens is 721 g/mol. The van der Waals surface area contributed by atoms with Gasteiger partial charge in [0.15, 0.2) is 6.10 Å². The molecule has 0 fully saturated rings. The molecule has 0 bridgehead atoms. The van der Waals surface area contributed by atoms with E-state index in [1.807, 2.05) is 18.2 Å². The van der Waals surface area contributed by atoms with Crippen LogP contribution in [0.1, 0.15) is 233 Å². The molecule has 0 spiro atoms. The van der Waals surface area contributed by atoms with Gasteiger partial charge in [0.05, 0.1) is 0 Å². The van der Waals surface area contributed by atoms with Crippen LogP contribution in [0.3, 0.4) is 0 Å². The Labute approximate surface area is 358 Å². The first kappa shape index (κ1) is 55.1. The van der Waals surface area contributed by atoms with Gasteiger partial charge in [-0.25, -0.2) is 0 Å². The normalized spacial score (nSPS) is 12.5. The molecule has 0 aliphatic heterocycles. The average molecular weight is 811 g/mol. The minimum Gasteiger partial charge on any atom is -0.462 e. The highest BCUT2D eigenvalue weighted by molar-refractivity contribution is 5.71. The van der Waals surface area contributed by atoms with Crippen LogP contribution in [-0.4, -0.2) is 37.2 Å². The fraction of sp³-hybridized carbons (Fsp3) is 0.750. The summed E-state index contributed by atoms with van der Waals surface area (Å²) in [6.45, 7) is 6.45. The predicted molar refractivity (Wildman–Crippen MR) is 247 cm³/mol. The van der Waals surface area contributed by atoms with Crippen LogP contribution in [0.5, 0.6) is 0 Å². The lowest BCUT2D eigenvalue weighted by molar-refractivity contribution is -0.167. The molecule has 0 amide bonds. The minimum absolute atomic E-state index is 0.0866. The molecular formula is C52H90O6. The van der Waals surface area contributed by atoms with Crippen molar-refractivity contribution in [3.63, 3.8) is 0 Å². The number of esters is 3. The molecule has 0 aromatic carbocycles. The van der Waals surface area contributed by atoms with E-state index in [1.165, 1.54) is 96.3 Å². The summed E-state index contributed by atoms with van der Waals surface area (Å²) in [5.74, 6) is -0.926. The van der Waals surface area contributed by atoms with Gasteiger partial charge in [-0.1, -0.05) is 210 Å². The topological polar surface area (TPSA) is 78.9 Å². The van der Waals surface area contributed by atoms with Gasteiger partial charge in [0.1, 0.15) is 13.2 Å². The Bertz CT molecular complexity index is 1070. The molecule has 0 aliphatic rings. The Balaban J connectivity index is 4.44. The second-order valence-electron chi connectivity index (χ2n) is 16.1. The first-order valence-electron chi connectivity index (χ1n) is 24.3. The fourth-order valence-corrected chi connectivity index (χ4v) is 6.68. The van der Waals surface area contributed by atoms with Crippen molar-refractivity contribution in [1.82, 2.24) is 0 Å². The van der Waals surface area contributed by atoms with Crippen molar-refractivity contribution in [2.45, 2.75) is 239 Å². The van der Waals surface area contributed by atoms with Crippen molar-refractivity contribution in [2.75, 3.05) is 13.2 Å². The van der Waals surface area contributed by atoms with E-state index in [0.717, 1.165) is 96.3 Å². The van der Waals surface area contributed by atoms with Gasteiger partial charge in [0.2, 0.25) is 0 Å². The van der Waals surface area contributed by atoms with Gasteiger partial charge in [0, 0.05) is 19.3 Å². The number of carbonyl (C=O) groups is 3. The first-order valence-corrected chi connectivity index (χ1v) is 24.3. The Hall–Kier alpha value is -2.89. The third-order valence-electron chi connectivity index (χ3n) is 10.4. The largest absolute Gasteiger partial charge is 0.462 e. The lowest BCUT2D eigenvalue weighted by atomic mass is 10.0. The van der Waals surface area contributed by atoms with Gasteiger partial charge in [0.25, 0.3) is 0 Å². The van der Waals surface area contributed by atoms with Crippen molar-refractivity contribution < 1.29 is 28.6 Å². The van der Waals surface area contributed by atoms with E-state index in [0.29, 0.717) is 19.3 Å². The number of rotatable bonds is 43. The molecule has 0 aromatic rings. The minimum atomic E-state index is -0.788. The standard InChI is InChI=1S/C52H90O6/c1-4-7-10-13-16-19-22-25-26-28-30-33-36-39-42-45-51(54)57-48-49(47-56-50(53)44-41-38-35-32-29-24-21-18-15-12-9-6-3)58-52(55)46-43-40-37-34-31-27-23-20-17-14-11-8-5-2/h7,10,13,16,19,22,25-27,31,49H,4-6,8-9,11-12,14-15,17-18,20-21,23-24,28-30,32-48H2,1-3H3/b10-7-,16-13-,22-19-,26-25-,31-27-. The smallest absolute Gasteiger partial charge is 0.306 e. The molecule has 0 radical (unpaired) electrons. The van der Waals surface area contributed by atoms with E-state index >= 15 is 0 Å². The Morgan fingerprint density at radius 3 is 1.12 bits per heavy atom. The summed E-state index contributed by atoms with van der Waals surface area (Å²) in [5, 5.41) is 0. The molecule has 58 heavy (non-hydrogen) atoms. The highest BCUT2D eigenvalue weighted by Gasteiger charge is 2.19. The van der Waals surface area contributed by atoms with Crippen LogP contribution in [0.25, 0.3) is 0 Å². The second kappa shape index (κ2) is 46.8. The molecule has 0 aromatic heterocycles. The molecule has 1 unspecified atom stereocenters. The van der Waals surface area contributed by atoms with Crippen molar-refractivity contribution in [3.8, 4) is 0 Å². The summed E-state index contributed by atoms with van der Waals surface area (Å²) in [6.07, 6.45) is 56.2. The molecule has 0 saturated carbocycles. The molecule has 6 nitrogen and oxygen atoms in total. The lowest BCUT2D eigenvalue weighted by Gasteiger charge is -2.18. The maximum absolute atomic E-state index is 12.7. The van der Waals surface area contributed by atoms with Crippen LogP contribution < -0.4 is 0 Å². The molecule has 0 heterocycles. The fourth-order valence-electron chi connectivity index (χ4n) is 6.68. The van der Waals surface area contributed by atoms with E-state index in [-0.39, 0.29) is 31.1 Å². The van der Waals surface area contributed by atoms with E-state index in [2.05, 4.69) is 63.3 Å². The zero-order valence-corrected chi connectivity index (χ0v) is 38.0. The van der Waals surface area contributed by atoms with E-state index in [9.17, 15) is 14.4 Å². The summed E-state index contributed by atoms with van der Waals surface area (Å²) in [7, 11) is 0. The number of carbonyl (C=O) groups excluding carboxylic acids is 3. The summed E-state index contributed by atoms with van der Waals surface area (Å²) in [6, 6.07) is 0. The third-order valence-corrected chi connectivity index (χ3v) is 10.4. The third kappa shape index (κ3) is 44.2. The van der Waals surface area contributed by atoms with E-state index in [1.54, 1.807) is 0 Å². The number of hydrogen-bond donors (Lipinski definition) is 0. The summed E-state index contributed by atoms with van der Waals surface area (Å²) < 4.78 is 16.7. The van der Waals surface area contributed by atoms with E-state index < -0.39 is 6.10 Å². The lowest BCUT2D eigenvalue weighted by Crippen LogP contribution is -2.30. The molecule has 0 saturated heterocycles. The van der Waals surface area contributed by atoms with E-state index in [4.69, 9.17) is 14.2 Å². The Morgan fingerprint density at radius 2 is 0.690 bits per heavy atom. The maximum atomic E-state index is 12.7. The van der Waals surface area contributed by atoms with Gasteiger partial charge in [-0.05, 0) is 64.2 Å². The molecule has 0 aliphatic carbocycles. The maximum Gasteiger partial charge on any atom is 0.306 e. The number of ether oxygens (including phenoxy) is 3. The summed E-state index contributed by atoms with van der Waals surface area (Å²) in [4.78, 5) is 37.8. The average Bonchev–Trinajstić information content (AvgIpc) is 3.22. The van der Waals surface area contributed by atoms with Crippen molar-refractivity contribution in [1.29, 1.82) is 0 Å². The number of hydrogen-bond acceptors (Lipinski definition) is 6. The van der Waals surface area contributed by atoms with Gasteiger partial charge in [-0.3, -0.25) is 14.4 Å². The highest BCUT2D eigenvalue weighted by atomic mass is 16.6. The van der Waals surface area contributed by atoms with Crippen LogP contribution in [0.4, 0.5) is 0 Å². The number of allylic oxidation sites excluding steroid dienone is 10.